The van der Waals surface area contributed by atoms with Gasteiger partial charge in [0.05, 0.1) is 18.0 Å². The number of non-ortho nitro benzene ring substituents is 1. The van der Waals surface area contributed by atoms with Crippen molar-refractivity contribution in [1.82, 2.24) is 9.88 Å². The minimum atomic E-state index is -4.39. The molecule has 0 unspecified atom stereocenters. The largest absolute Gasteiger partial charge is 0.439 e. The van der Waals surface area contributed by atoms with Gasteiger partial charge in [-0.25, -0.2) is 4.98 Å². The minimum absolute atomic E-state index is 0.0227. The van der Waals surface area contributed by atoms with Crippen LogP contribution in [0.2, 0.25) is 0 Å². The van der Waals surface area contributed by atoms with Crippen LogP contribution in [0.15, 0.2) is 22.6 Å². The number of nitro groups is 1. The van der Waals surface area contributed by atoms with Crippen LogP contribution in [0, 0.1) is 10.1 Å². The number of hydrogen-bond donors (Lipinski definition) is 1. The monoisotopic (exact) mass is 333 g/mol. The van der Waals surface area contributed by atoms with Crippen LogP contribution in [0.3, 0.4) is 0 Å². The molecule has 0 fully saturated rings. The third-order valence-electron chi connectivity index (χ3n) is 3.02. The maximum Gasteiger partial charge on any atom is 0.401 e. The lowest BCUT2D eigenvalue weighted by atomic mass is 10.3. The number of nitrogens with zero attached hydrogens (tertiary/aromatic N) is 3. The number of oxazole rings is 1. The Morgan fingerprint density at radius 1 is 1.39 bits per heavy atom. The predicted molar refractivity (Wildman–Crippen MR) is 73.7 cm³/mol. The van der Waals surface area contributed by atoms with Crippen molar-refractivity contribution in [2.45, 2.75) is 19.1 Å². The Kier molecular flexibility index (Phi) is 5.16. The third kappa shape index (κ3) is 4.89. The molecule has 1 N–H and O–H groups in total. The second-order valence-corrected chi connectivity index (χ2v) is 4.92. The molecule has 0 atom stereocenters. The van der Waals surface area contributed by atoms with E-state index in [0.29, 0.717) is 0 Å². The topological polar surface area (TPSA) is 92.6 Å². The summed E-state index contributed by atoms with van der Waals surface area (Å²) in [5.41, 5.74) is 0.299. The van der Waals surface area contributed by atoms with Gasteiger partial charge in [-0.1, -0.05) is 0 Å². The molecule has 0 bridgehead atoms. The zero-order valence-electron chi connectivity index (χ0n) is 11.9. The summed E-state index contributed by atoms with van der Waals surface area (Å²) >= 11 is 0. The summed E-state index contributed by atoms with van der Waals surface area (Å²) in [7, 11) is 0. The Morgan fingerprint density at radius 3 is 2.74 bits per heavy atom. The molecule has 7 nitrogen and oxygen atoms in total. The summed E-state index contributed by atoms with van der Waals surface area (Å²) in [6.07, 6.45) is -4.21. The molecule has 0 radical (unpaired) electrons. The number of aliphatic hydroxyl groups excluding tert-OH is 1. The van der Waals surface area contributed by atoms with Crippen LogP contribution in [0.5, 0.6) is 0 Å². The summed E-state index contributed by atoms with van der Waals surface area (Å²) < 4.78 is 43.0. The molecule has 10 heteroatoms. The highest BCUT2D eigenvalue weighted by atomic mass is 19.4. The Morgan fingerprint density at radius 2 is 2.13 bits per heavy atom. The minimum Gasteiger partial charge on any atom is -0.439 e. The molecule has 2 rings (SSSR count). The molecule has 23 heavy (non-hydrogen) atoms. The van der Waals surface area contributed by atoms with Crippen molar-refractivity contribution in [3.63, 3.8) is 0 Å². The zero-order valence-corrected chi connectivity index (χ0v) is 11.9. The summed E-state index contributed by atoms with van der Waals surface area (Å²) in [5.74, 6) is 0.0303. The van der Waals surface area contributed by atoms with E-state index in [-0.39, 0.29) is 48.8 Å². The molecule has 2 aromatic rings. The quantitative estimate of drug-likeness (QED) is 0.618. The molecule has 0 saturated carbocycles. The maximum atomic E-state index is 12.6. The van der Waals surface area contributed by atoms with Crippen LogP contribution in [-0.4, -0.2) is 45.8 Å². The van der Waals surface area contributed by atoms with Gasteiger partial charge in [0.25, 0.3) is 5.69 Å². The van der Waals surface area contributed by atoms with Gasteiger partial charge in [-0.2, -0.15) is 13.2 Å². The van der Waals surface area contributed by atoms with Gasteiger partial charge in [-0.3, -0.25) is 15.0 Å². The molecular weight excluding hydrogens is 319 g/mol. The molecule has 1 aromatic heterocycles. The normalized spacial score (nSPS) is 12.2. The maximum absolute atomic E-state index is 12.6. The summed E-state index contributed by atoms with van der Waals surface area (Å²) in [5, 5.41) is 19.5. The van der Waals surface area contributed by atoms with Crippen LogP contribution in [0.1, 0.15) is 12.3 Å². The van der Waals surface area contributed by atoms with Crippen LogP contribution >= 0.6 is 0 Å². The van der Waals surface area contributed by atoms with Crippen molar-refractivity contribution in [2.75, 3.05) is 19.7 Å². The van der Waals surface area contributed by atoms with Crippen LogP contribution in [0.4, 0.5) is 18.9 Å². The Hall–Kier alpha value is -2.20. The molecule has 126 valence electrons. The van der Waals surface area contributed by atoms with E-state index in [0.717, 1.165) is 4.90 Å². The van der Waals surface area contributed by atoms with Gasteiger partial charge in [0.15, 0.2) is 5.58 Å². The lowest BCUT2D eigenvalue weighted by Gasteiger charge is -2.21. The van der Waals surface area contributed by atoms with Gasteiger partial charge in [-0.05, 0) is 12.5 Å². The molecule has 1 aromatic carbocycles. The first-order valence-electron chi connectivity index (χ1n) is 6.72. The van der Waals surface area contributed by atoms with Gasteiger partial charge < -0.3 is 9.52 Å². The van der Waals surface area contributed by atoms with Gasteiger partial charge in [-0.15, -0.1) is 0 Å². The molecule has 0 aliphatic carbocycles. The Balaban J connectivity index is 2.18. The first kappa shape index (κ1) is 17.2. The van der Waals surface area contributed by atoms with Gasteiger partial charge in [0, 0.05) is 25.3 Å². The van der Waals surface area contributed by atoms with Crippen molar-refractivity contribution in [2.24, 2.45) is 0 Å². The standard InChI is InChI=1S/C13H14F3N3O4/c14-13(15,16)8-18(4-1-5-20)7-12-17-10-6-9(19(21)22)2-3-11(10)23-12/h2-3,6,20H,1,4-5,7-8H2. The predicted octanol–water partition coefficient (Wildman–Crippen LogP) is 2.48. The fourth-order valence-electron chi connectivity index (χ4n) is 2.10. The van der Waals surface area contributed by atoms with E-state index < -0.39 is 17.6 Å². The van der Waals surface area contributed by atoms with Crippen molar-refractivity contribution < 1.29 is 27.6 Å². The molecule has 0 aliphatic heterocycles. The van der Waals surface area contributed by atoms with Crippen LogP contribution in [-0.2, 0) is 6.54 Å². The number of aliphatic hydroxyl groups is 1. The van der Waals surface area contributed by atoms with E-state index in [4.69, 9.17) is 9.52 Å². The zero-order chi connectivity index (χ0) is 17.0. The first-order valence-corrected chi connectivity index (χ1v) is 6.72. The van der Waals surface area contributed by atoms with E-state index in [2.05, 4.69) is 4.98 Å². The molecule has 0 aliphatic rings. The number of hydrogen-bond acceptors (Lipinski definition) is 6. The summed E-state index contributed by atoms with van der Waals surface area (Å²) in [6.45, 7) is -1.57. The van der Waals surface area contributed by atoms with E-state index in [1.165, 1.54) is 18.2 Å². The number of aromatic nitrogens is 1. The van der Waals surface area contributed by atoms with Crippen molar-refractivity contribution in [3.05, 3.63) is 34.2 Å². The first-order chi connectivity index (χ1) is 10.8. The summed E-state index contributed by atoms with van der Waals surface area (Å²) in [6, 6.07) is 3.78. The average Bonchev–Trinajstić information content (AvgIpc) is 2.84. The van der Waals surface area contributed by atoms with E-state index in [1.54, 1.807) is 0 Å². The second-order valence-electron chi connectivity index (χ2n) is 4.92. The fraction of sp³-hybridized carbons (Fsp3) is 0.462. The van der Waals surface area contributed by atoms with Gasteiger partial charge in [0.2, 0.25) is 5.89 Å². The molecular formula is C13H14F3N3O4. The highest BCUT2D eigenvalue weighted by molar-refractivity contribution is 5.75. The van der Waals surface area contributed by atoms with E-state index in [9.17, 15) is 23.3 Å². The fourth-order valence-corrected chi connectivity index (χ4v) is 2.10. The SMILES string of the molecule is O=[N+]([O-])c1ccc2oc(CN(CCCO)CC(F)(F)F)nc2c1. The second kappa shape index (κ2) is 6.92. The number of halogens is 3. The number of rotatable bonds is 7. The third-order valence-corrected chi connectivity index (χ3v) is 3.02. The molecule has 0 saturated heterocycles. The Bertz CT molecular complexity index is 687. The average molecular weight is 333 g/mol. The van der Waals surface area contributed by atoms with E-state index in [1.807, 2.05) is 0 Å². The molecule has 1 heterocycles. The van der Waals surface area contributed by atoms with Crippen LogP contribution in [0.25, 0.3) is 11.1 Å². The van der Waals surface area contributed by atoms with Crippen LogP contribution < -0.4 is 0 Å². The highest BCUT2D eigenvalue weighted by Gasteiger charge is 2.31. The summed E-state index contributed by atoms with van der Waals surface area (Å²) in [4.78, 5) is 15.1. The highest BCUT2D eigenvalue weighted by Crippen LogP contribution is 2.23. The number of nitro benzene ring substituents is 1. The number of benzene rings is 1. The number of alkyl halides is 3. The Labute approximate surface area is 128 Å². The van der Waals surface area contributed by atoms with Gasteiger partial charge in [0.1, 0.15) is 5.52 Å². The van der Waals surface area contributed by atoms with Crippen molar-refractivity contribution in [3.8, 4) is 0 Å². The van der Waals surface area contributed by atoms with E-state index >= 15 is 0 Å². The number of fused-ring (bicyclic) bond motifs is 1. The smallest absolute Gasteiger partial charge is 0.401 e. The van der Waals surface area contributed by atoms with Crippen molar-refractivity contribution in [1.29, 1.82) is 0 Å². The lowest BCUT2D eigenvalue weighted by molar-refractivity contribution is -0.384. The van der Waals surface area contributed by atoms with Crippen molar-refractivity contribution >= 4 is 16.8 Å². The lowest BCUT2D eigenvalue weighted by Crippen LogP contribution is -2.35. The van der Waals surface area contributed by atoms with Gasteiger partial charge >= 0.3 is 6.18 Å². The molecule has 0 amide bonds. The molecule has 0 spiro atoms.